The molecule has 1 amide bonds. The lowest BCUT2D eigenvalue weighted by atomic mass is 9.99. The fourth-order valence-electron chi connectivity index (χ4n) is 2.65. The fraction of sp³-hybridized carbons (Fsp3) is 0.471. The van der Waals surface area contributed by atoms with Crippen LogP contribution in [-0.2, 0) is 21.0 Å². The minimum atomic E-state index is -4.43. The highest BCUT2D eigenvalue weighted by Crippen LogP contribution is 2.29. The third kappa shape index (κ3) is 5.75. The van der Waals surface area contributed by atoms with E-state index in [9.17, 15) is 26.4 Å². The van der Waals surface area contributed by atoms with E-state index in [4.69, 9.17) is 0 Å². The smallest absolute Gasteiger partial charge is 0.345 e. The summed E-state index contributed by atoms with van der Waals surface area (Å²) < 4.78 is 62.3. The summed E-state index contributed by atoms with van der Waals surface area (Å²) in [7, 11) is -3.34. The highest BCUT2D eigenvalue weighted by molar-refractivity contribution is 7.88. The van der Waals surface area contributed by atoms with Crippen LogP contribution in [0.15, 0.2) is 24.3 Å². The van der Waals surface area contributed by atoms with Gasteiger partial charge in [-0.3, -0.25) is 4.79 Å². The fourth-order valence-corrected chi connectivity index (χ4v) is 3.56. The largest absolute Gasteiger partial charge is 0.416 e. The first-order valence-electron chi connectivity index (χ1n) is 7.96. The number of nitrogens with zero attached hydrogens (tertiary/aromatic N) is 1. The standard InChI is InChI=1S/C17H19F3N2O3S/c1-26(24,25)22-10-4-7-14(12-22)16(23)21-9-3-6-13-5-2-8-15(11-13)17(18,19)20/h2,5,8,11,14H,4,7,9-10,12H2,1H3,(H,21,23). The molecule has 0 radical (unpaired) electrons. The molecule has 0 aromatic heterocycles. The van der Waals surface area contributed by atoms with Gasteiger partial charge >= 0.3 is 6.18 Å². The molecule has 1 heterocycles. The van der Waals surface area contributed by atoms with Crippen LogP contribution in [0.3, 0.4) is 0 Å². The number of alkyl halides is 3. The predicted octanol–water partition coefficient (Wildman–Crippen LogP) is 1.84. The molecule has 1 fully saturated rings. The van der Waals surface area contributed by atoms with Gasteiger partial charge in [-0.2, -0.15) is 13.2 Å². The Morgan fingerprint density at radius 2 is 2.12 bits per heavy atom. The summed E-state index contributed by atoms with van der Waals surface area (Å²) in [6.07, 6.45) is -2.15. The monoisotopic (exact) mass is 388 g/mol. The number of benzene rings is 1. The Hall–Kier alpha value is -2.05. The number of carbonyl (C=O) groups excluding carboxylic acids is 1. The zero-order chi connectivity index (χ0) is 19.4. The number of halogens is 3. The molecule has 1 aliphatic heterocycles. The number of hydrogen-bond acceptors (Lipinski definition) is 3. The van der Waals surface area contributed by atoms with Crippen LogP contribution in [0.2, 0.25) is 0 Å². The topological polar surface area (TPSA) is 66.5 Å². The maximum Gasteiger partial charge on any atom is 0.416 e. The maximum atomic E-state index is 12.6. The first-order valence-corrected chi connectivity index (χ1v) is 9.81. The molecule has 9 heteroatoms. The van der Waals surface area contributed by atoms with Gasteiger partial charge in [-0.15, -0.1) is 0 Å². The highest BCUT2D eigenvalue weighted by Gasteiger charge is 2.30. The van der Waals surface area contributed by atoms with Crippen molar-refractivity contribution in [3.8, 4) is 11.8 Å². The Bertz CT molecular complexity index is 826. The molecule has 1 aromatic rings. The van der Waals surface area contributed by atoms with Gasteiger partial charge in [0.2, 0.25) is 15.9 Å². The number of nitrogens with one attached hydrogen (secondary N) is 1. The van der Waals surface area contributed by atoms with Crippen molar-refractivity contribution in [2.24, 2.45) is 5.92 Å². The van der Waals surface area contributed by atoms with Crippen molar-refractivity contribution in [1.82, 2.24) is 9.62 Å². The molecule has 1 aromatic carbocycles. The number of rotatable bonds is 3. The SMILES string of the molecule is CS(=O)(=O)N1CCCC(C(=O)NCC#Cc2cccc(C(F)(F)F)c2)C1. The Balaban J connectivity index is 1.90. The second-order valence-corrected chi connectivity index (χ2v) is 8.04. The van der Waals surface area contributed by atoms with Crippen molar-refractivity contribution in [2.75, 3.05) is 25.9 Å². The van der Waals surface area contributed by atoms with Gasteiger partial charge in [-0.05, 0) is 31.0 Å². The van der Waals surface area contributed by atoms with Gasteiger partial charge in [0, 0.05) is 18.7 Å². The molecule has 5 nitrogen and oxygen atoms in total. The summed E-state index contributed by atoms with van der Waals surface area (Å²) in [4.78, 5) is 12.1. The van der Waals surface area contributed by atoms with E-state index in [0.717, 1.165) is 18.4 Å². The Morgan fingerprint density at radius 3 is 2.77 bits per heavy atom. The van der Waals surface area contributed by atoms with Crippen LogP contribution in [0.5, 0.6) is 0 Å². The molecule has 0 saturated carbocycles. The minimum absolute atomic E-state index is 0.0234. The molecule has 0 bridgehead atoms. The van der Waals surface area contributed by atoms with E-state index in [0.29, 0.717) is 19.4 Å². The van der Waals surface area contributed by atoms with Crippen molar-refractivity contribution in [3.05, 3.63) is 35.4 Å². The van der Waals surface area contributed by atoms with Crippen LogP contribution >= 0.6 is 0 Å². The molecule has 1 unspecified atom stereocenters. The molecule has 26 heavy (non-hydrogen) atoms. The van der Waals surface area contributed by atoms with Gasteiger partial charge in [0.15, 0.2) is 0 Å². The summed E-state index contributed by atoms with van der Waals surface area (Å²) in [5.74, 6) is 4.43. The lowest BCUT2D eigenvalue weighted by Gasteiger charge is -2.29. The number of amides is 1. The average molecular weight is 388 g/mol. The molecule has 1 atom stereocenters. The van der Waals surface area contributed by atoms with Gasteiger partial charge in [0.25, 0.3) is 0 Å². The van der Waals surface area contributed by atoms with Gasteiger partial charge in [0.05, 0.1) is 24.3 Å². The number of carbonyl (C=O) groups is 1. The zero-order valence-corrected chi connectivity index (χ0v) is 15.0. The number of piperidine rings is 1. The molecular weight excluding hydrogens is 369 g/mol. The van der Waals surface area contributed by atoms with Crippen LogP contribution in [0.4, 0.5) is 13.2 Å². The maximum absolute atomic E-state index is 12.6. The summed E-state index contributed by atoms with van der Waals surface area (Å²) in [5, 5.41) is 2.58. The molecule has 0 spiro atoms. The average Bonchev–Trinajstić information content (AvgIpc) is 2.57. The zero-order valence-electron chi connectivity index (χ0n) is 14.1. The lowest BCUT2D eigenvalue weighted by Crippen LogP contribution is -2.45. The first-order chi connectivity index (χ1) is 12.1. The van der Waals surface area contributed by atoms with Crippen LogP contribution in [0.1, 0.15) is 24.0 Å². The Labute approximate surface area is 150 Å². The summed E-state index contributed by atoms with van der Waals surface area (Å²) >= 11 is 0. The Morgan fingerprint density at radius 1 is 1.38 bits per heavy atom. The summed E-state index contributed by atoms with van der Waals surface area (Å²) in [5.41, 5.74) is -0.577. The quantitative estimate of drug-likeness (QED) is 0.804. The van der Waals surface area contributed by atoms with Gasteiger partial charge in [0.1, 0.15) is 0 Å². The number of sulfonamides is 1. The third-order valence-electron chi connectivity index (χ3n) is 4.00. The third-order valence-corrected chi connectivity index (χ3v) is 5.27. The van der Waals surface area contributed by atoms with E-state index in [1.165, 1.54) is 16.4 Å². The van der Waals surface area contributed by atoms with E-state index in [1.54, 1.807) is 0 Å². The van der Waals surface area contributed by atoms with Crippen molar-refractivity contribution >= 4 is 15.9 Å². The van der Waals surface area contributed by atoms with E-state index in [2.05, 4.69) is 17.2 Å². The molecular formula is C17H19F3N2O3S. The first kappa shape index (κ1) is 20.3. The van der Waals surface area contributed by atoms with Crippen molar-refractivity contribution in [1.29, 1.82) is 0 Å². The van der Waals surface area contributed by atoms with Gasteiger partial charge < -0.3 is 5.32 Å². The second-order valence-electron chi connectivity index (χ2n) is 6.06. The van der Waals surface area contributed by atoms with E-state index in [-0.39, 0.29) is 24.6 Å². The summed E-state index contributed by atoms with van der Waals surface area (Å²) in [6.45, 7) is 0.508. The normalized spacial score (nSPS) is 18.7. The van der Waals surface area contributed by atoms with Crippen molar-refractivity contribution in [2.45, 2.75) is 19.0 Å². The van der Waals surface area contributed by atoms with Gasteiger partial charge in [-0.1, -0.05) is 17.9 Å². The minimum Gasteiger partial charge on any atom is -0.345 e. The predicted molar refractivity (Wildman–Crippen MR) is 90.5 cm³/mol. The van der Waals surface area contributed by atoms with Crippen molar-refractivity contribution in [3.63, 3.8) is 0 Å². The molecule has 1 aliphatic rings. The summed E-state index contributed by atoms with van der Waals surface area (Å²) in [6, 6.07) is 4.63. The van der Waals surface area contributed by atoms with Crippen LogP contribution in [0.25, 0.3) is 0 Å². The number of hydrogen-bond donors (Lipinski definition) is 1. The molecule has 1 N–H and O–H groups in total. The van der Waals surface area contributed by atoms with Crippen LogP contribution in [-0.4, -0.2) is 44.5 Å². The lowest BCUT2D eigenvalue weighted by molar-refractivity contribution is -0.137. The van der Waals surface area contributed by atoms with Crippen molar-refractivity contribution < 1.29 is 26.4 Å². The van der Waals surface area contributed by atoms with E-state index >= 15 is 0 Å². The highest BCUT2D eigenvalue weighted by atomic mass is 32.2. The van der Waals surface area contributed by atoms with E-state index < -0.39 is 27.7 Å². The second kappa shape index (κ2) is 8.10. The molecule has 1 saturated heterocycles. The van der Waals surface area contributed by atoms with Gasteiger partial charge in [-0.25, -0.2) is 12.7 Å². The molecule has 0 aliphatic carbocycles. The molecule has 142 valence electrons. The molecule has 2 rings (SSSR count). The Kier molecular flexibility index (Phi) is 6.31. The van der Waals surface area contributed by atoms with Crippen LogP contribution < -0.4 is 5.32 Å². The van der Waals surface area contributed by atoms with Crippen LogP contribution in [0, 0.1) is 17.8 Å². The van der Waals surface area contributed by atoms with E-state index in [1.807, 2.05) is 0 Å².